The second-order valence-electron chi connectivity index (χ2n) is 5.38. The number of hydrogen-bond acceptors (Lipinski definition) is 3. The molecule has 1 aliphatic rings. The van der Waals surface area contributed by atoms with Crippen LogP contribution in [0.4, 0.5) is 0 Å². The molecular formula is C15H26N2S. The lowest BCUT2D eigenvalue weighted by Gasteiger charge is -2.33. The highest BCUT2D eigenvalue weighted by Crippen LogP contribution is 2.28. The number of piperidine rings is 1. The van der Waals surface area contributed by atoms with Crippen LogP contribution in [0, 0.1) is 6.92 Å². The summed E-state index contributed by atoms with van der Waals surface area (Å²) in [5.74, 6) is 0. The molecule has 1 fully saturated rings. The maximum Gasteiger partial charge on any atom is 0.0416 e. The number of nitrogens with zero attached hydrogens (tertiary/aromatic N) is 1. The van der Waals surface area contributed by atoms with E-state index in [0.29, 0.717) is 12.1 Å². The van der Waals surface area contributed by atoms with Crippen molar-refractivity contribution >= 4 is 11.3 Å². The lowest BCUT2D eigenvalue weighted by atomic mass is 10.0. The smallest absolute Gasteiger partial charge is 0.0416 e. The first-order chi connectivity index (χ1) is 8.72. The van der Waals surface area contributed by atoms with E-state index in [2.05, 4.69) is 42.4 Å². The van der Waals surface area contributed by atoms with Gasteiger partial charge >= 0.3 is 0 Å². The quantitative estimate of drug-likeness (QED) is 0.876. The maximum absolute atomic E-state index is 3.66. The van der Waals surface area contributed by atoms with Crippen molar-refractivity contribution in [3.8, 4) is 0 Å². The highest BCUT2D eigenvalue weighted by molar-refractivity contribution is 7.10. The fourth-order valence-electron chi connectivity index (χ4n) is 2.90. The summed E-state index contributed by atoms with van der Waals surface area (Å²) in [5.41, 5.74) is 1.45. The van der Waals surface area contributed by atoms with Gasteiger partial charge in [-0.15, -0.1) is 11.3 Å². The van der Waals surface area contributed by atoms with Gasteiger partial charge in [-0.1, -0.05) is 13.3 Å². The summed E-state index contributed by atoms with van der Waals surface area (Å²) in [5, 5.41) is 5.88. The van der Waals surface area contributed by atoms with Gasteiger partial charge in [-0.25, -0.2) is 0 Å². The third-order valence-corrected chi connectivity index (χ3v) is 5.29. The van der Waals surface area contributed by atoms with Crippen molar-refractivity contribution in [3.05, 3.63) is 21.9 Å². The molecule has 2 rings (SSSR count). The predicted molar refractivity (Wildman–Crippen MR) is 80.4 cm³/mol. The normalized spacial score (nSPS) is 22.3. The standard InChI is InChI=1S/C15H26N2S/c1-4-17(11-14-7-5-6-9-16-14)13(3)15-12(2)8-10-18-15/h8,10,13-14,16H,4-7,9,11H2,1-3H3. The van der Waals surface area contributed by atoms with Crippen LogP contribution in [0.5, 0.6) is 0 Å². The zero-order valence-corrected chi connectivity index (χ0v) is 12.7. The molecule has 1 saturated heterocycles. The van der Waals surface area contributed by atoms with Crippen molar-refractivity contribution in [2.45, 2.75) is 52.1 Å². The Hall–Kier alpha value is -0.380. The number of hydrogen-bond donors (Lipinski definition) is 1. The average molecular weight is 266 g/mol. The minimum absolute atomic E-state index is 0.554. The Kier molecular flexibility index (Phi) is 5.22. The number of likely N-dealkylation sites (N-methyl/N-ethyl adjacent to an activating group) is 1. The van der Waals surface area contributed by atoms with Gasteiger partial charge in [0.15, 0.2) is 0 Å². The Morgan fingerprint density at radius 2 is 2.33 bits per heavy atom. The molecule has 1 N–H and O–H groups in total. The first kappa shape index (κ1) is 14.0. The summed E-state index contributed by atoms with van der Waals surface area (Å²) in [6.07, 6.45) is 4.08. The van der Waals surface area contributed by atoms with Gasteiger partial charge in [-0.2, -0.15) is 0 Å². The Morgan fingerprint density at radius 1 is 1.50 bits per heavy atom. The zero-order chi connectivity index (χ0) is 13.0. The molecule has 0 spiro atoms. The van der Waals surface area contributed by atoms with E-state index in [0.717, 1.165) is 6.54 Å². The lowest BCUT2D eigenvalue weighted by Crippen LogP contribution is -2.44. The molecule has 0 aromatic carbocycles. The van der Waals surface area contributed by atoms with E-state index in [1.807, 2.05) is 11.3 Å². The first-order valence-electron chi connectivity index (χ1n) is 7.23. The molecule has 2 atom stereocenters. The average Bonchev–Trinajstić information content (AvgIpc) is 2.82. The molecule has 0 bridgehead atoms. The molecule has 0 saturated carbocycles. The van der Waals surface area contributed by atoms with Gasteiger partial charge in [0, 0.05) is 23.5 Å². The van der Waals surface area contributed by atoms with Crippen LogP contribution in [0.2, 0.25) is 0 Å². The Morgan fingerprint density at radius 3 is 2.89 bits per heavy atom. The van der Waals surface area contributed by atoms with E-state index in [1.54, 1.807) is 0 Å². The predicted octanol–water partition coefficient (Wildman–Crippen LogP) is 3.58. The molecule has 0 amide bonds. The van der Waals surface area contributed by atoms with Crippen LogP contribution in [0.25, 0.3) is 0 Å². The molecule has 1 aromatic heterocycles. The van der Waals surface area contributed by atoms with Gasteiger partial charge in [0.1, 0.15) is 0 Å². The Bertz CT molecular complexity index is 355. The van der Waals surface area contributed by atoms with Crippen molar-refractivity contribution in [1.29, 1.82) is 0 Å². The van der Waals surface area contributed by atoms with E-state index < -0.39 is 0 Å². The number of thiophene rings is 1. The number of aryl methyl sites for hydroxylation is 1. The molecule has 2 unspecified atom stereocenters. The summed E-state index contributed by atoms with van der Waals surface area (Å²) in [7, 11) is 0. The van der Waals surface area contributed by atoms with Crippen molar-refractivity contribution in [3.63, 3.8) is 0 Å². The van der Waals surface area contributed by atoms with Crippen LogP contribution in [0.3, 0.4) is 0 Å². The zero-order valence-electron chi connectivity index (χ0n) is 11.9. The van der Waals surface area contributed by atoms with Gasteiger partial charge in [0.25, 0.3) is 0 Å². The van der Waals surface area contributed by atoms with Crippen LogP contribution in [0.15, 0.2) is 11.4 Å². The van der Waals surface area contributed by atoms with Gasteiger partial charge in [-0.3, -0.25) is 4.90 Å². The topological polar surface area (TPSA) is 15.3 Å². The molecule has 0 radical (unpaired) electrons. The maximum atomic E-state index is 3.66. The molecule has 0 aliphatic carbocycles. The van der Waals surface area contributed by atoms with Crippen LogP contribution < -0.4 is 5.32 Å². The summed E-state index contributed by atoms with van der Waals surface area (Å²) in [4.78, 5) is 4.15. The number of nitrogens with one attached hydrogen (secondary N) is 1. The molecular weight excluding hydrogens is 240 g/mol. The highest BCUT2D eigenvalue weighted by atomic mass is 32.1. The van der Waals surface area contributed by atoms with E-state index in [1.165, 1.54) is 42.8 Å². The van der Waals surface area contributed by atoms with Crippen molar-refractivity contribution in [1.82, 2.24) is 10.2 Å². The fourth-order valence-corrected chi connectivity index (χ4v) is 3.92. The monoisotopic (exact) mass is 266 g/mol. The third kappa shape index (κ3) is 3.34. The van der Waals surface area contributed by atoms with E-state index >= 15 is 0 Å². The second kappa shape index (κ2) is 6.69. The molecule has 102 valence electrons. The van der Waals surface area contributed by atoms with Crippen molar-refractivity contribution in [2.24, 2.45) is 0 Å². The lowest BCUT2D eigenvalue weighted by molar-refractivity contribution is 0.186. The van der Waals surface area contributed by atoms with Crippen LogP contribution in [-0.4, -0.2) is 30.6 Å². The molecule has 1 aromatic rings. The molecule has 2 heterocycles. The third-order valence-electron chi connectivity index (χ3n) is 4.10. The largest absolute Gasteiger partial charge is 0.313 e. The van der Waals surface area contributed by atoms with Gasteiger partial charge in [0.2, 0.25) is 0 Å². The minimum atomic E-state index is 0.554. The molecule has 2 nitrogen and oxygen atoms in total. The fraction of sp³-hybridized carbons (Fsp3) is 0.733. The summed E-state index contributed by atoms with van der Waals surface area (Å²) < 4.78 is 0. The van der Waals surface area contributed by atoms with Crippen molar-refractivity contribution in [2.75, 3.05) is 19.6 Å². The summed E-state index contributed by atoms with van der Waals surface area (Å²) in [6.45, 7) is 10.4. The second-order valence-corrected chi connectivity index (χ2v) is 6.33. The van der Waals surface area contributed by atoms with Gasteiger partial charge < -0.3 is 5.32 Å². The van der Waals surface area contributed by atoms with Crippen LogP contribution >= 0.6 is 11.3 Å². The summed E-state index contributed by atoms with van der Waals surface area (Å²) in [6, 6.07) is 3.49. The van der Waals surface area contributed by atoms with Gasteiger partial charge in [-0.05, 0) is 56.8 Å². The van der Waals surface area contributed by atoms with Crippen LogP contribution in [0.1, 0.15) is 49.6 Å². The first-order valence-corrected chi connectivity index (χ1v) is 8.11. The van der Waals surface area contributed by atoms with E-state index in [-0.39, 0.29) is 0 Å². The van der Waals surface area contributed by atoms with E-state index in [4.69, 9.17) is 0 Å². The van der Waals surface area contributed by atoms with Crippen LogP contribution in [-0.2, 0) is 0 Å². The highest BCUT2D eigenvalue weighted by Gasteiger charge is 2.21. The Labute approximate surface area is 115 Å². The Balaban J connectivity index is 1.97. The summed E-state index contributed by atoms with van der Waals surface area (Å²) >= 11 is 1.90. The van der Waals surface area contributed by atoms with Gasteiger partial charge in [0.05, 0.1) is 0 Å². The minimum Gasteiger partial charge on any atom is -0.313 e. The molecule has 1 aliphatic heterocycles. The van der Waals surface area contributed by atoms with Crippen molar-refractivity contribution < 1.29 is 0 Å². The number of rotatable bonds is 5. The molecule has 3 heteroatoms. The van der Waals surface area contributed by atoms with E-state index in [9.17, 15) is 0 Å². The molecule has 18 heavy (non-hydrogen) atoms. The SMILES string of the molecule is CCN(CC1CCCCN1)C(C)c1sccc1C.